The van der Waals surface area contributed by atoms with E-state index in [1.54, 1.807) is 77.4 Å². The number of aromatic nitrogens is 2. The topological polar surface area (TPSA) is 67.7 Å². The molecule has 4 nitrogen and oxygen atoms in total. The zero-order valence-corrected chi connectivity index (χ0v) is 25.0. The number of amidine groups is 1. The molecule has 1 heterocycles. The van der Waals surface area contributed by atoms with Crippen molar-refractivity contribution in [3.63, 3.8) is 0 Å². The Morgan fingerprint density at radius 2 is 1.19 bits per heavy atom. The zero-order chi connectivity index (χ0) is 31.1. The van der Waals surface area contributed by atoms with Crippen molar-refractivity contribution < 1.29 is 26.3 Å². The summed E-state index contributed by atoms with van der Waals surface area (Å²) in [6, 6.07) is 22.3. The molecule has 0 radical (unpaired) electrons. The fourth-order valence-electron chi connectivity index (χ4n) is 4.59. The lowest BCUT2D eigenvalue weighted by molar-refractivity contribution is -0.143. The molecule has 3 N–H and O–H groups in total. The molecule has 0 aliphatic rings. The monoisotopic (exact) mass is 720 g/mol. The van der Waals surface area contributed by atoms with Crippen LogP contribution in [0.15, 0.2) is 99.9 Å². The molecule has 5 aromatic rings. The van der Waals surface area contributed by atoms with Gasteiger partial charge in [-0.1, -0.05) is 80.4 Å². The summed E-state index contributed by atoms with van der Waals surface area (Å²) < 4.78 is 86.3. The minimum atomic E-state index is -5.03. The minimum Gasteiger partial charge on any atom is -0.384 e. The Labute approximate surface area is 259 Å². The highest BCUT2D eigenvalue weighted by Gasteiger charge is 2.37. The number of rotatable bonds is 6. The highest BCUT2D eigenvalue weighted by molar-refractivity contribution is 9.10. The smallest absolute Gasteiger partial charge is 0.384 e. The lowest BCUT2D eigenvalue weighted by Crippen LogP contribution is -2.12. The van der Waals surface area contributed by atoms with Crippen LogP contribution in [0.4, 0.5) is 26.3 Å². The molecule has 4 aromatic carbocycles. The molecule has 0 saturated heterocycles. The molecule has 220 valence electrons. The Bertz CT molecular complexity index is 1760. The van der Waals surface area contributed by atoms with Crippen molar-refractivity contribution in [2.45, 2.75) is 18.9 Å². The van der Waals surface area contributed by atoms with Gasteiger partial charge in [0.25, 0.3) is 0 Å². The molecule has 0 spiro atoms. The summed E-state index contributed by atoms with van der Waals surface area (Å²) in [4.78, 5) is 4.71. The summed E-state index contributed by atoms with van der Waals surface area (Å²) in [7, 11) is 0. The predicted octanol–water partition coefficient (Wildman–Crippen LogP) is 9.78. The van der Waals surface area contributed by atoms with Gasteiger partial charge in [0, 0.05) is 37.7 Å². The van der Waals surface area contributed by atoms with Gasteiger partial charge in [-0.05, 0) is 48.0 Å². The van der Waals surface area contributed by atoms with E-state index in [9.17, 15) is 26.3 Å². The normalized spacial score (nSPS) is 12.0. The van der Waals surface area contributed by atoms with Crippen LogP contribution in [0.2, 0.25) is 0 Å². The second-order valence-corrected chi connectivity index (χ2v) is 11.5. The van der Waals surface area contributed by atoms with Crippen molar-refractivity contribution in [3.05, 3.63) is 122 Å². The van der Waals surface area contributed by atoms with Crippen LogP contribution in [0.5, 0.6) is 0 Å². The van der Waals surface area contributed by atoms with E-state index in [0.29, 0.717) is 45.8 Å². The van der Waals surface area contributed by atoms with Crippen LogP contribution in [-0.2, 0) is 18.9 Å². The standard InChI is InChI=1S/C31H20Br2F6N4/c32-24-9-5-18(6-10-24)26-27(19-7-11-25(33)12-8-19)43(16-17-1-3-20(4-2-17)28(40)41)29(42-26)21-13-22(30(34,35)36)15-23(14-21)31(37,38)39/h1-15H,16H2,(H3,40,41). The number of benzene rings is 4. The molecular weight excluding hydrogens is 702 g/mol. The Hall–Kier alpha value is -3.90. The molecule has 1 aromatic heterocycles. The van der Waals surface area contributed by atoms with Crippen molar-refractivity contribution in [3.8, 4) is 33.9 Å². The highest BCUT2D eigenvalue weighted by atomic mass is 79.9. The average molecular weight is 722 g/mol. The maximum absolute atomic E-state index is 13.9. The number of halogens is 8. The largest absolute Gasteiger partial charge is 0.416 e. The maximum atomic E-state index is 13.9. The van der Waals surface area contributed by atoms with Crippen molar-refractivity contribution >= 4 is 37.7 Å². The molecule has 5 rings (SSSR count). The summed E-state index contributed by atoms with van der Waals surface area (Å²) in [5, 5.41) is 7.66. The van der Waals surface area contributed by atoms with Crippen LogP contribution in [-0.4, -0.2) is 15.4 Å². The van der Waals surface area contributed by atoms with E-state index in [0.717, 1.165) is 8.95 Å². The van der Waals surface area contributed by atoms with E-state index in [1.165, 1.54) is 0 Å². The molecule has 0 amide bonds. The number of hydrogen-bond acceptors (Lipinski definition) is 2. The van der Waals surface area contributed by atoms with E-state index in [1.807, 2.05) is 0 Å². The second kappa shape index (κ2) is 11.6. The summed E-state index contributed by atoms with van der Waals surface area (Å²) in [6.07, 6.45) is -10.1. The molecule has 0 saturated carbocycles. The summed E-state index contributed by atoms with van der Waals surface area (Å²) in [5.74, 6) is -0.227. The van der Waals surface area contributed by atoms with Gasteiger partial charge in [-0.25, -0.2) is 4.98 Å². The Morgan fingerprint density at radius 3 is 1.65 bits per heavy atom. The van der Waals surface area contributed by atoms with Gasteiger partial charge in [0.05, 0.1) is 22.5 Å². The molecule has 0 bridgehead atoms. The SMILES string of the molecule is N=C(N)c1ccc(Cn2c(-c3cc(C(F)(F)F)cc(C(F)(F)F)c3)nc(-c3ccc(Br)cc3)c2-c2ccc(Br)cc2)cc1. The molecule has 0 fully saturated rings. The second-order valence-electron chi connectivity index (χ2n) is 9.64. The van der Waals surface area contributed by atoms with Crippen molar-refractivity contribution in [2.75, 3.05) is 0 Å². The first-order chi connectivity index (χ1) is 20.2. The number of imidazole rings is 1. The van der Waals surface area contributed by atoms with Gasteiger partial charge in [-0.15, -0.1) is 0 Å². The lowest BCUT2D eigenvalue weighted by atomic mass is 10.0. The quantitative estimate of drug-likeness (QED) is 0.104. The third kappa shape index (κ3) is 6.70. The Balaban J connectivity index is 1.84. The molecule has 12 heteroatoms. The van der Waals surface area contributed by atoms with E-state index in [2.05, 4.69) is 31.9 Å². The zero-order valence-electron chi connectivity index (χ0n) is 21.9. The van der Waals surface area contributed by atoms with Gasteiger partial charge in [0.15, 0.2) is 0 Å². The predicted molar refractivity (Wildman–Crippen MR) is 160 cm³/mol. The summed E-state index contributed by atoms with van der Waals surface area (Å²) in [6.45, 7) is 0.0417. The molecular formula is C31H20Br2F6N4. The molecule has 43 heavy (non-hydrogen) atoms. The maximum Gasteiger partial charge on any atom is 0.416 e. The number of nitrogens with two attached hydrogens (primary N) is 1. The first-order valence-corrected chi connectivity index (χ1v) is 14.1. The number of alkyl halides is 6. The fourth-order valence-corrected chi connectivity index (χ4v) is 5.12. The van der Waals surface area contributed by atoms with Crippen molar-refractivity contribution in [1.29, 1.82) is 5.41 Å². The van der Waals surface area contributed by atoms with Crippen LogP contribution in [0.3, 0.4) is 0 Å². The lowest BCUT2D eigenvalue weighted by Gasteiger charge is -2.17. The Morgan fingerprint density at radius 1 is 0.698 bits per heavy atom. The molecule has 0 aliphatic heterocycles. The van der Waals surface area contributed by atoms with Gasteiger partial charge in [0.2, 0.25) is 0 Å². The van der Waals surface area contributed by atoms with E-state index in [-0.39, 0.29) is 29.8 Å². The van der Waals surface area contributed by atoms with Crippen molar-refractivity contribution in [2.24, 2.45) is 5.73 Å². The van der Waals surface area contributed by atoms with Gasteiger partial charge in [0.1, 0.15) is 11.7 Å². The van der Waals surface area contributed by atoms with Crippen LogP contribution in [0, 0.1) is 5.41 Å². The van der Waals surface area contributed by atoms with E-state index >= 15 is 0 Å². The number of nitrogens with zero attached hydrogens (tertiary/aromatic N) is 2. The van der Waals surface area contributed by atoms with Crippen LogP contribution in [0.1, 0.15) is 22.3 Å². The summed E-state index contributed by atoms with van der Waals surface area (Å²) in [5.41, 5.74) is 5.60. The van der Waals surface area contributed by atoms with Crippen LogP contribution < -0.4 is 5.73 Å². The molecule has 0 atom stereocenters. The van der Waals surface area contributed by atoms with Crippen LogP contribution in [0.25, 0.3) is 33.9 Å². The summed E-state index contributed by atoms with van der Waals surface area (Å²) >= 11 is 6.80. The minimum absolute atomic E-state index is 0.0417. The van der Waals surface area contributed by atoms with E-state index < -0.39 is 23.5 Å². The van der Waals surface area contributed by atoms with Crippen LogP contribution >= 0.6 is 31.9 Å². The number of nitrogen functional groups attached to an aromatic ring is 1. The van der Waals surface area contributed by atoms with Gasteiger partial charge >= 0.3 is 12.4 Å². The van der Waals surface area contributed by atoms with Gasteiger partial charge in [-0.2, -0.15) is 26.3 Å². The number of nitrogens with one attached hydrogen (secondary N) is 1. The third-order valence-corrected chi connectivity index (χ3v) is 7.71. The average Bonchev–Trinajstić information content (AvgIpc) is 3.32. The molecule has 0 aliphatic carbocycles. The fraction of sp³-hybridized carbons (Fsp3) is 0.0968. The number of hydrogen-bond donors (Lipinski definition) is 2. The first-order valence-electron chi connectivity index (χ1n) is 12.6. The highest BCUT2D eigenvalue weighted by Crippen LogP contribution is 2.42. The van der Waals surface area contributed by atoms with E-state index in [4.69, 9.17) is 16.1 Å². The van der Waals surface area contributed by atoms with Crippen molar-refractivity contribution in [1.82, 2.24) is 9.55 Å². The van der Waals surface area contributed by atoms with Gasteiger partial charge in [-0.3, -0.25) is 5.41 Å². The molecule has 0 unspecified atom stereocenters. The third-order valence-electron chi connectivity index (χ3n) is 6.65. The first kappa shape index (κ1) is 30.6. The Kier molecular flexibility index (Phi) is 8.28. The van der Waals surface area contributed by atoms with Gasteiger partial charge < -0.3 is 10.3 Å².